The van der Waals surface area contributed by atoms with Gasteiger partial charge >= 0.3 is 0 Å². The first kappa shape index (κ1) is 11.9. The van der Waals surface area contributed by atoms with Crippen molar-refractivity contribution >= 4 is 22.6 Å². The lowest BCUT2D eigenvalue weighted by molar-refractivity contribution is 0.436. The summed E-state index contributed by atoms with van der Waals surface area (Å²) in [7, 11) is 0. The summed E-state index contributed by atoms with van der Waals surface area (Å²) in [5.74, 6) is 0.684. The van der Waals surface area contributed by atoms with Crippen LogP contribution >= 0.6 is 22.6 Å². The predicted octanol–water partition coefficient (Wildman–Crippen LogP) is 2.63. The first-order valence-corrected chi connectivity index (χ1v) is 6.45. The van der Waals surface area contributed by atoms with E-state index in [0.717, 1.165) is 11.0 Å². The minimum atomic E-state index is 0.593. The maximum Gasteiger partial charge on any atom is 0.0312 e. The van der Waals surface area contributed by atoms with Crippen molar-refractivity contribution in [3.05, 3.63) is 30.1 Å². The summed E-state index contributed by atoms with van der Waals surface area (Å²) in [6, 6.07) is 4.67. The largest absolute Gasteiger partial charge is 0.309 e. The van der Waals surface area contributed by atoms with Gasteiger partial charge in [-0.05, 0) is 17.5 Å². The van der Waals surface area contributed by atoms with Crippen LogP contribution in [-0.2, 0) is 6.54 Å². The van der Waals surface area contributed by atoms with Gasteiger partial charge in [0.2, 0.25) is 0 Å². The first-order chi connectivity index (χ1) is 6.74. The molecule has 0 aliphatic carbocycles. The topological polar surface area (TPSA) is 24.9 Å². The Labute approximate surface area is 99.7 Å². The van der Waals surface area contributed by atoms with E-state index >= 15 is 0 Å². The minimum absolute atomic E-state index is 0.593. The molecule has 0 amide bonds. The van der Waals surface area contributed by atoms with Gasteiger partial charge in [-0.1, -0.05) is 42.5 Å². The SMILES string of the molecule is CC(C)C(CI)NCc1cccnc1. The molecule has 2 nitrogen and oxygen atoms in total. The molecule has 1 rings (SSSR count). The van der Waals surface area contributed by atoms with Crippen molar-refractivity contribution in [3.8, 4) is 0 Å². The zero-order chi connectivity index (χ0) is 10.4. The molecule has 0 aliphatic heterocycles. The van der Waals surface area contributed by atoms with Crippen molar-refractivity contribution in [1.82, 2.24) is 10.3 Å². The van der Waals surface area contributed by atoms with Crippen LogP contribution < -0.4 is 5.32 Å². The molecule has 0 aliphatic rings. The fourth-order valence-corrected chi connectivity index (χ4v) is 2.55. The molecule has 0 bridgehead atoms. The van der Waals surface area contributed by atoms with Gasteiger partial charge < -0.3 is 5.32 Å². The van der Waals surface area contributed by atoms with Crippen LogP contribution in [0.25, 0.3) is 0 Å². The second-order valence-corrected chi connectivity index (χ2v) is 4.63. The normalized spacial score (nSPS) is 13.1. The quantitative estimate of drug-likeness (QED) is 0.668. The number of halogens is 1. The molecule has 1 N–H and O–H groups in total. The van der Waals surface area contributed by atoms with Gasteiger partial charge in [0.1, 0.15) is 0 Å². The molecule has 3 heteroatoms. The summed E-state index contributed by atoms with van der Waals surface area (Å²) >= 11 is 2.43. The highest BCUT2D eigenvalue weighted by molar-refractivity contribution is 14.1. The predicted molar refractivity (Wildman–Crippen MR) is 68.6 cm³/mol. The van der Waals surface area contributed by atoms with Crippen LogP contribution in [0.1, 0.15) is 19.4 Å². The van der Waals surface area contributed by atoms with E-state index in [-0.39, 0.29) is 0 Å². The number of hydrogen-bond donors (Lipinski definition) is 1. The van der Waals surface area contributed by atoms with Crippen LogP contribution in [0.5, 0.6) is 0 Å². The Bertz CT molecular complexity index is 249. The van der Waals surface area contributed by atoms with Crippen LogP contribution in [0.3, 0.4) is 0 Å². The lowest BCUT2D eigenvalue weighted by Crippen LogP contribution is -2.34. The molecule has 0 radical (unpaired) electrons. The van der Waals surface area contributed by atoms with E-state index in [1.54, 1.807) is 0 Å². The third-order valence-electron chi connectivity index (χ3n) is 2.26. The van der Waals surface area contributed by atoms with E-state index in [2.05, 4.69) is 52.8 Å². The standard InChI is InChI=1S/C11H17IN2/c1-9(2)11(6-12)14-8-10-4-3-5-13-7-10/h3-5,7,9,11,14H,6,8H2,1-2H3. The van der Waals surface area contributed by atoms with E-state index < -0.39 is 0 Å². The molecule has 1 aromatic heterocycles. The van der Waals surface area contributed by atoms with Crippen molar-refractivity contribution in [2.45, 2.75) is 26.4 Å². The van der Waals surface area contributed by atoms with Crippen LogP contribution in [0.15, 0.2) is 24.5 Å². The Balaban J connectivity index is 2.40. The number of alkyl halides is 1. The van der Waals surface area contributed by atoms with Gasteiger partial charge in [-0.15, -0.1) is 0 Å². The van der Waals surface area contributed by atoms with E-state index in [0.29, 0.717) is 12.0 Å². The monoisotopic (exact) mass is 304 g/mol. The van der Waals surface area contributed by atoms with E-state index in [1.165, 1.54) is 5.56 Å². The van der Waals surface area contributed by atoms with Crippen molar-refractivity contribution in [3.63, 3.8) is 0 Å². The first-order valence-electron chi connectivity index (χ1n) is 4.92. The van der Waals surface area contributed by atoms with Gasteiger partial charge in [-0.3, -0.25) is 4.98 Å². The van der Waals surface area contributed by atoms with Crippen LogP contribution in [-0.4, -0.2) is 15.5 Å². The van der Waals surface area contributed by atoms with Gasteiger partial charge in [-0.25, -0.2) is 0 Å². The summed E-state index contributed by atoms with van der Waals surface area (Å²) in [5.41, 5.74) is 1.25. The fraction of sp³-hybridized carbons (Fsp3) is 0.545. The second kappa shape index (κ2) is 6.35. The van der Waals surface area contributed by atoms with Crippen molar-refractivity contribution in [2.75, 3.05) is 4.43 Å². The highest BCUT2D eigenvalue weighted by Crippen LogP contribution is 2.06. The summed E-state index contributed by atoms with van der Waals surface area (Å²) in [6.45, 7) is 5.42. The molecule has 0 fully saturated rings. The Morgan fingerprint density at radius 3 is 2.79 bits per heavy atom. The number of nitrogens with one attached hydrogen (secondary N) is 1. The Kier molecular flexibility index (Phi) is 5.40. The molecule has 1 atom stereocenters. The zero-order valence-electron chi connectivity index (χ0n) is 8.70. The smallest absolute Gasteiger partial charge is 0.0312 e. The molecule has 1 heterocycles. The maximum atomic E-state index is 4.09. The summed E-state index contributed by atoms with van der Waals surface area (Å²) in [4.78, 5) is 4.09. The van der Waals surface area contributed by atoms with E-state index in [4.69, 9.17) is 0 Å². The van der Waals surface area contributed by atoms with Crippen LogP contribution in [0.4, 0.5) is 0 Å². The average molecular weight is 304 g/mol. The van der Waals surface area contributed by atoms with Crippen LogP contribution in [0.2, 0.25) is 0 Å². The summed E-state index contributed by atoms with van der Waals surface area (Å²) < 4.78 is 1.15. The molecular weight excluding hydrogens is 287 g/mol. The van der Waals surface area contributed by atoms with Gasteiger partial charge in [0.05, 0.1) is 0 Å². The van der Waals surface area contributed by atoms with Crippen molar-refractivity contribution < 1.29 is 0 Å². The lowest BCUT2D eigenvalue weighted by atomic mass is 10.1. The zero-order valence-corrected chi connectivity index (χ0v) is 10.9. The number of hydrogen-bond acceptors (Lipinski definition) is 2. The number of aromatic nitrogens is 1. The number of pyridine rings is 1. The second-order valence-electron chi connectivity index (χ2n) is 3.75. The molecule has 1 aromatic rings. The highest BCUT2D eigenvalue weighted by atomic mass is 127. The van der Waals surface area contributed by atoms with Crippen molar-refractivity contribution in [2.24, 2.45) is 5.92 Å². The lowest BCUT2D eigenvalue weighted by Gasteiger charge is -2.19. The van der Waals surface area contributed by atoms with Gasteiger partial charge in [0, 0.05) is 29.4 Å². The van der Waals surface area contributed by atoms with Crippen molar-refractivity contribution in [1.29, 1.82) is 0 Å². The number of nitrogens with zero attached hydrogens (tertiary/aromatic N) is 1. The molecule has 0 saturated carbocycles. The molecular formula is C11H17IN2. The minimum Gasteiger partial charge on any atom is -0.309 e. The van der Waals surface area contributed by atoms with Gasteiger partial charge in [0.25, 0.3) is 0 Å². The molecule has 78 valence electrons. The Morgan fingerprint density at radius 2 is 2.29 bits per heavy atom. The molecule has 1 unspecified atom stereocenters. The maximum absolute atomic E-state index is 4.09. The Hall–Kier alpha value is -0.160. The summed E-state index contributed by atoms with van der Waals surface area (Å²) in [5, 5.41) is 3.54. The molecule has 0 aromatic carbocycles. The van der Waals surface area contributed by atoms with E-state index in [1.807, 2.05) is 18.5 Å². The Morgan fingerprint density at radius 1 is 1.50 bits per heavy atom. The highest BCUT2D eigenvalue weighted by Gasteiger charge is 2.10. The fourth-order valence-electron chi connectivity index (χ4n) is 1.22. The number of rotatable bonds is 5. The molecule has 0 saturated heterocycles. The molecule has 14 heavy (non-hydrogen) atoms. The van der Waals surface area contributed by atoms with E-state index in [9.17, 15) is 0 Å². The van der Waals surface area contributed by atoms with Crippen LogP contribution in [0, 0.1) is 5.92 Å². The third-order valence-corrected chi connectivity index (χ3v) is 3.21. The third kappa shape index (κ3) is 3.92. The van der Waals surface area contributed by atoms with Gasteiger partial charge in [-0.2, -0.15) is 0 Å². The average Bonchev–Trinajstić information content (AvgIpc) is 2.20. The van der Waals surface area contributed by atoms with Gasteiger partial charge in [0.15, 0.2) is 0 Å². The molecule has 0 spiro atoms. The summed E-state index contributed by atoms with van der Waals surface area (Å²) in [6.07, 6.45) is 3.72.